The molecule has 0 saturated carbocycles. The second-order valence-electron chi connectivity index (χ2n) is 8.42. The molecule has 3 aromatic carbocycles. The molecule has 0 aromatic heterocycles. The van der Waals surface area contributed by atoms with Gasteiger partial charge in [-0.15, -0.1) is 0 Å². The summed E-state index contributed by atoms with van der Waals surface area (Å²) >= 11 is 0. The van der Waals surface area contributed by atoms with Gasteiger partial charge in [-0.2, -0.15) is 0 Å². The highest BCUT2D eigenvalue weighted by atomic mass is 16.5. The highest BCUT2D eigenvalue weighted by Gasteiger charge is 2.34. The van der Waals surface area contributed by atoms with Crippen molar-refractivity contribution in [3.63, 3.8) is 0 Å². The molecule has 0 N–H and O–H groups in total. The Morgan fingerprint density at radius 1 is 0.848 bits per heavy atom. The molecule has 3 aromatic rings. The second kappa shape index (κ2) is 11.6. The van der Waals surface area contributed by atoms with Crippen molar-refractivity contribution >= 4 is 5.78 Å². The molecule has 0 radical (unpaired) electrons. The van der Waals surface area contributed by atoms with Gasteiger partial charge in [0.15, 0.2) is 5.78 Å². The lowest BCUT2D eigenvalue weighted by Gasteiger charge is -2.41. The molecule has 0 amide bonds. The first kappa shape index (κ1) is 23.0. The molecule has 4 rings (SSSR count). The fourth-order valence-electron chi connectivity index (χ4n) is 4.22. The Labute approximate surface area is 196 Å². The maximum absolute atomic E-state index is 12.4. The number of ether oxygens (including phenoxy) is 2. The third-order valence-corrected chi connectivity index (χ3v) is 6.08. The molecular formula is C29H31NO3. The van der Waals surface area contributed by atoms with E-state index in [1.165, 1.54) is 5.56 Å². The minimum absolute atomic E-state index is 0.109. The fourth-order valence-corrected chi connectivity index (χ4v) is 4.22. The number of hydrogen-bond donors (Lipinski definition) is 0. The molecule has 4 heteroatoms. The van der Waals surface area contributed by atoms with Gasteiger partial charge in [-0.25, -0.2) is 0 Å². The van der Waals surface area contributed by atoms with Gasteiger partial charge in [-0.3, -0.25) is 4.79 Å². The van der Waals surface area contributed by atoms with Crippen LogP contribution in [0.2, 0.25) is 0 Å². The highest BCUT2D eigenvalue weighted by molar-refractivity contribution is 5.90. The summed E-state index contributed by atoms with van der Waals surface area (Å²) in [4.78, 5) is 14.7. The number of carbonyl (C=O) groups excluding carboxylic acids is 1. The van der Waals surface area contributed by atoms with Gasteiger partial charge in [-0.05, 0) is 29.7 Å². The van der Waals surface area contributed by atoms with Crippen molar-refractivity contribution in [2.75, 3.05) is 6.61 Å². The van der Waals surface area contributed by atoms with Crippen molar-refractivity contribution in [2.45, 2.75) is 44.7 Å². The Hall–Kier alpha value is -3.21. The summed E-state index contributed by atoms with van der Waals surface area (Å²) in [5, 5.41) is 0. The average Bonchev–Trinajstić information content (AvgIpc) is 2.87. The van der Waals surface area contributed by atoms with Crippen molar-refractivity contribution in [3.8, 4) is 0 Å². The summed E-state index contributed by atoms with van der Waals surface area (Å²) in [5.74, 6) is 0.118. The lowest BCUT2D eigenvalue weighted by Crippen LogP contribution is -2.48. The standard InChI is InChI=1S/C29H31NO3/c1-23(26-15-9-4-10-16-26)30-18-17-27(31)19-28(30)29(33-21-25-13-7-3-8-14-25)22-32-20-24-11-5-2-6-12-24/h2-18,23,28-29H,19-22H2,1H3/t23-,28+,29+/m0/s1. The molecule has 170 valence electrons. The van der Waals surface area contributed by atoms with E-state index in [0.717, 1.165) is 11.1 Å². The zero-order valence-electron chi connectivity index (χ0n) is 19.0. The molecule has 0 bridgehead atoms. The van der Waals surface area contributed by atoms with Crippen molar-refractivity contribution in [1.29, 1.82) is 0 Å². The van der Waals surface area contributed by atoms with Gasteiger partial charge < -0.3 is 14.4 Å². The van der Waals surface area contributed by atoms with Crippen molar-refractivity contribution in [3.05, 3.63) is 120 Å². The first-order valence-corrected chi connectivity index (χ1v) is 11.5. The summed E-state index contributed by atoms with van der Waals surface area (Å²) in [6.07, 6.45) is 3.75. The van der Waals surface area contributed by atoms with E-state index in [-0.39, 0.29) is 24.0 Å². The van der Waals surface area contributed by atoms with Crippen LogP contribution in [0.15, 0.2) is 103 Å². The molecule has 1 aliphatic heterocycles. The number of rotatable bonds is 10. The molecule has 0 unspecified atom stereocenters. The number of allylic oxidation sites excluding steroid dienone is 1. The average molecular weight is 442 g/mol. The van der Waals surface area contributed by atoms with Gasteiger partial charge in [0, 0.05) is 12.6 Å². The van der Waals surface area contributed by atoms with Crippen LogP contribution in [0.3, 0.4) is 0 Å². The third-order valence-electron chi connectivity index (χ3n) is 6.08. The van der Waals surface area contributed by atoms with Gasteiger partial charge in [-0.1, -0.05) is 91.0 Å². The molecule has 0 aliphatic carbocycles. The van der Waals surface area contributed by atoms with E-state index in [1.54, 1.807) is 6.08 Å². The van der Waals surface area contributed by atoms with Gasteiger partial charge in [0.05, 0.1) is 31.9 Å². The molecule has 4 nitrogen and oxygen atoms in total. The third kappa shape index (κ3) is 6.41. The van der Waals surface area contributed by atoms with Crippen LogP contribution >= 0.6 is 0 Å². The van der Waals surface area contributed by atoms with Crippen LogP contribution in [0, 0.1) is 0 Å². The fraction of sp³-hybridized carbons (Fsp3) is 0.276. The number of hydrogen-bond acceptors (Lipinski definition) is 4. The zero-order valence-corrected chi connectivity index (χ0v) is 19.0. The van der Waals surface area contributed by atoms with Gasteiger partial charge in [0.25, 0.3) is 0 Å². The normalized spacial score (nSPS) is 17.7. The SMILES string of the molecule is C[C@@H](c1ccccc1)N1C=CC(=O)C[C@@H]1[C@@H](COCc1ccccc1)OCc1ccccc1. The predicted octanol–water partition coefficient (Wildman–Crippen LogP) is 5.71. The topological polar surface area (TPSA) is 38.8 Å². The lowest BCUT2D eigenvalue weighted by molar-refractivity contribution is -0.121. The molecule has 1 aliphatic rings. The number of nitrogens with zero attached hydrogens (tertiary/aromatic N) is 1. The Kier molecular flexibility index (Phi) is 8.07. The Morgan fingerprint density at radius 2 is 1.42 bits per heavy atom. The molecule has 1 heterocycles. The van der Waals surface area contributed by atoms with Gasteiger partial charge >= 0.3 is 0 Å². The molecule has 0 saturated heterocycles. The van der Waals surface area contributed by atoms with Crippen LogP contribution in [0.5, 0.6) is 0 Å². The zero-order chi connectivity index (χ0) is 22.9. The minimum atomic E-state index is -0.256. The Morgan fingerprint density at radius 3 is 2.06 bits per heavy atom. The van der Waals surface area contributed by atoms with Crippen LogP contribution in [-0.4, -0.2) is 29.4 Å². The van der Waals surface area contributed by atoms with E-state index in [0.29, 0.717) is 26.2 Å². The summed E-state index contributed by atoms with van der Waals surface area (Å²) in [6.45, 7) is 3.56. The summed E-state index contributed by atoms with van der Waals surface area (Å²) in [5.41, 5.74) is 3.42. The largest absolute Gasteiger partial charge is 0.374 e. The smallest absolute Gasteiger partial charge is 0.159 e. The second-order valence-corrected chi connectivity index (χ2v) is 8.42. The molecule has 0 spiro atoms. The highest BCUT2D eigenvalue weighted by Crippen LogP contribution is 2.30. The molecule has 3 atom stereocenters. The molecule has 33 heavy (non-hydrogen) atoms. The summed E-state index contributed by atoms with van der Waals surface area (Å²) in [7, 11) is 0. The number of carbonyl (C=O) groups is 1. The van der Waals surface area contributed by atoms with Crippen LogP contribution in [0.4, 0.5) is 0 Å². The van der Waals surface area contributed by atoms with E-state index in [1.807, 2.05) is 60.8 Å². The summed E-state index contributed by atoms with van der Waals surface area (Å²) < 4.78 is 12.5. The molecular weight excluding hydrogens is 410 g/mol. The van der Waals surface area contributed by atoms with Gasteiger partial charge in [0.2, 0.25) is 0 Å². The van der Waals surface area contributed by atoms with Crippen LogP contribution in [0.1, 0.15) is 36.1 Å². The van der Waals surface area contributed by atoms with E-state index in [2.05, 4.69) is 48.2 Å². The summed E-state index contributed by atoms with van der Waals surface area (Å²) in [6, 6.07) is 30.6. The monoisotopic (exact) mass is 441 g/mol. The predicted molar refractivity (Wildman–Crippen MR) is 130 cm³/mol. The first-order valence-electron chi connectivity index (χ1n) is 11.5. The van der Waals surface area contributed by atoms with Crippen LogP contribution < -0.4 is 0 Å². The van der Waals surface area contributed by atoms with E-state index < -0.39 is 0 Å². The van der Waals surface area contributed by atoms with Crippen molar-refractivity contribution < 1.29 is 14.3 Å². The van der Waals surface area contributed by atoms with E-state index >= 15 is 0 Å². The first-order chi connectivity index (χ1) is 16.2. The maximum atomic E-state index is 12.4. The Bertz CT molecular complexity index is 1020. The van der Waals surface area contributed by atoms with Crippen LogP contribution in [0.25, 0.3) is 0 Å². The van der Waals surface area contributed by atoms with Crippen molar-refractivity contribution in [2.24, 2.45) is 0 Å². The Balaban J connectivity index is 1.52. The number of ketones is 1. The van der Waals surface area contributed by atoms with Crippen LogP contribution in [-0.2, 0) is 27.5 Å². The van der Waals surface area contributed by atoms with E-state index in [9.17, 15) is 4.79 Å². The van der Waals surface area contributed by atoms with Gasteiger partial charge in [0.1, 0.15) is 6.10 Å². The van der Waals surface area contributed by atoms with Crippen molar-refractivity contribution in [1.82, 2.24) is 4.90 Å². The maximum Gasteiger partial charge on any atom is 0.159 e. The molecule has 0 fully saturated rings. The lowest BCUT2D eigenvalue weighted by atomic mass is 9.96. The minimum Gasteiger partial charge on any atom is -0.374 e. The number of benzene rings is 3. The van der Waals surface area contributed by atoms with E-state index in [4.69, 9.17) is 9.47 Å². The quantitative estimate of drug-likeness (QED) is 0.404.